The fourth-order valence-corrected chi connectivity index (χ4v) is 2.93. The van der Waals surface area contributed by atoms with Gasteiger partial charge in [0.25, 0.3) is 0 Å². The van der Waals surface area contributed by atoms with Crippen molar-refractivity contribution in [3.63, 3.8) is 0 Å². The third-order valence-corrected chi connectivity index (χ3v) is 4.34. The van der Waals surface area contributed by atoms with Gasteiger partial charge in [-0.1, -0.05) is 69.3 Å². The van der Waals surface area contributed by atoms with E-state index < -0.39 is 11.7 Å². The van der Waals surface area contributed by atoms with Crippen molar-refractivity contribution in [1.82, 2.24) is 10.7 Å². The third-order valence-electron chi connectivity index (χ3n) is 4.34. The monoisotopic (exact) mass is 480 g/mol. The Balaban J connectivity index is 0.00000258. The molecule has 0 amide bonds. The molecule has 9 N–H and O–H groups in total. The Hall–Kier alpha value is -3.01. The van der Waals surface area contributed by atoms with Crippen molar-refractivity contribution in [1.29, 1.82) is 0 Å². The zero-order chi connectivity index (χ0) is 26.0. The van der Waals surface area contributed by atoms with Gasteiger partial charge < -0.3 is 27.5 Å². The number of benzene rings is 2. The summed E-state index contributed by atoms with van der Waals surface area (Å²) in [7, 11) is 1.50. The number of rotatable bonds is 10. The van der Waals surface area contributed by atoms with Gasteiger partial charge in [0.2, 0.25) is 0 Å². The Bertz CT molecular complexity index is 879. The van der Waals surface area contributed by atoms with E-state index >= 15 is 0 Å². The predicted octanol–water partition coefficient (Wildman–Crippen LogP) is 4.52. The Morgan fingerprint density at radius 2 is 1.59 bits per heavy atom. The number of alkyl halides is 3. The van der Waals surface area contributed by atoms with Gasteiger partial charge in [0.1, 0.15) is 5.82 Å². The molecular formula is C25H39F3N6. The zero-order valence-electron chi connectivity index (χ0n) is 20.5. The molecule has 0 saturated carbocycles. The minimum atomic E-state index is -4.51. The van der Waals surface area contributed by atoms with Crippen LogP contribution in [0.2, 0.25) is 0 Å². The van der Waals surface area contributed by atoms with E-state index in [1.165, 1.54) is 19.2 Å². The second-order valence-electron chi connectivity index (χ2n) is 6.54. The molecule has 34 heavy (non-hydrogen) atoms. The molecule has 2 rings (SSSR count). The van der Waals surface area contributed by atoms with E-state index in [0.29, 0.717) is 13.1 Å². The number of hydrogen-bond acceptors (Lipinski definition) is 6. The number of allylic oxidation sites excluding steroid dienone is 2. The summed E-state index contributed by atoms with van der Waals surface area (Å²) in [5, 5.41) is 6.29. The molecule has 0 fully saturated rings. The van der Waals surface area contributed by atoms with Crippen molar-refractivity contribution in [2.24, 2.45) is 17.3 Å². The molecule has 9 heteroatoms. The molecule has 0 aliphatic heterocycles. The van der Waals surface area contributed by atoms with Gasteiger partial charge in [-0.3, -0.25) is 0 Å². The van der Waals surface area contributed by atoms with Crippen LogP contribution in [0.4, 0.5) is 18.9 Å². The quantitative estimate of drug-likeness (QED) is 0.169. The van der Waals surface area contributed by atoms with Crippen LogP contribution in [0.5, 0.6) is 0 Å². The van der Waals surface area contributed by atoms with E-state index in [4.69, 9.17) is 11.6 Å². The number of nitrogens with one attached hydrogen (secondary N) is 3. The molecule has 0 aromatic heterocycles. The van der Waals surface area contributed by atoms with Crippen molar-refractivity contribution >= 4 is 17.3 Å². The molecule has 0 heterocycles. The van der Waals surface area contributed by atoms with Gasteiger partial charge in [0.15, 0.2) is 0 Å². The molecule has 0 aliphatic rings. The number of nitrogens with two attached hydrogens (primary N) is 3. The largest absolute Gasteiger partial charge is 0.417 e. The van der Waals surface area contributed by atoms with E-state index in [9.17, 15) is 13.2 Å². The van der Waals surface area contributed by atoms with Crippen LogP contribution in [0.15, 0.2) is 60.4 Å². The summed E-state index contributed by atoms with van der Waals surface area (Å²) in [5.41, 5.74) is 13.8. The maximum absolute atomic E-state index is 13.6. The molecule has 2 aromatic carbocycles. The second-order valence-corrected chi connectivity index (χ2v) is 6.54. The van der Waals surface area contributed by atoms with Gasteiger partial charge in [-0.25, -0.2) is 5.84 Å². The minimum Gasteiger partial charge on any atom is -0.385 e. The van der Waals surface area contributed by atoms with Gasteiger partial charge in [-0.2, -0.15) is 13.2 Å². The molecule has 0 aliphatic carbocycles. The highest BCUT2D eigenvalue weighted by molar-refractivity contribution is 5.84. The number of para-hydroxylation sites is 1. The summed E-state index contributed by atoms with van der Waals surface area (Å²) in [5.74, 6) is 5.89. The lowest BCUT2D eigenvalue weighted by Crippen LogP contribution is -2.35. The van der Waals surface area contributed by atoms with Crippen LogP contribution in [0.3, 0.4) is 0 Å². The summed E-state index contributed by atoms with van der Waals surface area (Å²) in [6, 6.07) is 13.0. The molecule has 0 spiro atoms. The van der Waals surface area contributed by atoms with Crippen LogP contribution in [-0.2, 0) is 6.18 Å². The summed E-state index contributed by atoms with van der Waals surface area (Å²) in [6.45, 7) is 7.49. The maximum Gasteiger partial charge on any atom is 0.417 e. The van der Waals surface area contributed by atoms with Gasteiger partial charge in [0.05, 0.1) is 5.56 Å². The molecule has 2 aromatic rings. The highest BCUT2D eigenvalue weighted by Gasteiger charge is 2.34. The summed E-state index contributed by atoms with van der Waals surface area (Å²) in [4.78, 5) is 0. The lowest BCUT2D eigenvalue weighted by molar-refractivity contribution is -0.137. The third kappa shape index (κ3) is 9.86. The fourth-order valence-electron chi connectivity index (χ4n) is 2.93. The normalized spacial score (nSPS) is 11.5. The van der Waals surface area contributed by atoms with Crippen LogP contribution in [0.25, 0.3) is 11.6 Å². The van der Waals surface area contributed by atoms with Crippen LogP contribution in [-0.4, -0.2) is 26.7 Å². The van der Waals surface area contributed by atoms with E-state index in [1.807, 2.05) is 38.1 Å². The van der Waals surface area contributed by atoms with Gasteiger partial charge >= 0.3 is 6.18 Å². The van der Waals surface area contributed by atoms with E-state index in [2.05, 4.69) is 28.7 Å². The average molecular weight is 481 g/mol. The molecular weight excluding hydrogens is 441 g/mol. The lowest BCUT2D eigenvalue weighted by atomic mass is 9.97. The number of anilines is 1. The standard InChI is InChI=1S/C22H28F3N5.C2H6.CH5N/c1-2-14-28-20-10-6-3-7-16(20)11-12-18(21(30-27)29-15-13-26)17-8-4-5-9-19(17)22(23,24)25;2*1-2/h3-12,28-30H,2,13-15,26-27H2,1H3;1-2H3;2H2,1H3/b12-11+,21-18+;;. The van der Waals surface area contributed by atoms with Gasteiger partial charge in [-0.15, -0.1) is 0 Å². The van der Waals surface area contributed by atoms with E-state index in [0.717, 1.165) is 30.3 Å². The average Bonchev–Trinajstić information content (AvgIpc) is 2.87. The topological polar surface area (TPSA) is 114 Å². The van der Waals surface area contributed by atoms with Crippen LogP contribution >= 0.6 is 0 Å². The highest BCUT2D eigenvalue weighted by atomic mass is 19.4. The Morgan fingerprint density at radius 3 is 2.18 bits per heavy atom. The second kappa shape index (κ2) is 17.5. The van der Waals surface area contributed by atoms with Crippen molar-refractivity contribution < 1.29 is 13.2 Å². The minimum absolute atomic E-state index is 0.0118. The van der Waals surface area contributed by atoms with E-state index in [1.54, 1.807) is 18.2 Å². The predicted molar refractivity (Wildman–Crippen MR) is 138 cm³/mol. The molecule has 190 valence electrons. The first-order valence-electron chi connectivity index (χ1n) is 11.3. The van der Waals surface area contributed by atoms with Crippen LogP contribution < -0.4 is 33.4 Å². The van der Waals surface area contributed by atoms with Crippen molar-refractivity contribution in [2.75, 3.05) is 32.0 Å². The Labute approximate surface area is 201 Å². The molecule has 0 radical (unpaired) electrons. The lowest BCUT2D eigenvalue weighted by Gasteiger charge is -2.18. The highest BCUT2D eigenvalue weighted by Crippen LogP contribution is 2.36. The van der Waals surface area contributed by atoms with Crippen LogP contribution in [0, 0.1) is 0 Å². The summed E-state index contributed by atoms with van der Waals surface area (Å²) < 4.78 is 40.9. The molecule has 0 saturated heterocycles. The van der Waals surface area contributed by atoms with Gasteiger partial charge in [0, 0.05) is 30.9 Å². The number of hydrogen-bond donors (Lipinski definition) is 6. The smallest absolute Gasteiger partial charge is 0.385 e. The SMILES string of the molecule is CC.CCCNc1ccccc1/C=C/C(=C(\NN)NCCN)c1ccccc1C(F)(F)F.CN. The molecule has 0 unspecified atom stereocenters. The van der Waals surface area contributed by atoms with Crippen LogP contribution in [0.1, 0.15) is 43.9 Å². The number of halogens is 3. The Morgan fingerprint density at radius 1 is 0.971 bits per heavy atom. The van der Waals surface area contributed by atoms with Gasteiger partial charge in [-0.05, 0) is 36.7 Å². The summed E-state index contributed by atoms with van der Waals surface area (Å²) >= 11 is 0. The summed E-state index contributed by atoms with van der Waals surface area (Å²) in [6.07, 6.45) is -0.173. The molecule has 0 bridgehead atoms. The fraction of sp³-hybridized carbons (Fsp3) is 0.360. The molecule has 6 nitrogen and oxygen atoms in total. The maximum atomic E-state index is 13.6. The van der Waals surface area contributed by atoms with Crippen molar-refractivity contribution in [3.8, 4) is 0 Å². The first-order chi connectivity index (χ1) is 16.4. The van der Waals surface area contributed by atoms with E-state index in [-0.39, 0.29) is 17.0 Å². The van der Waals surface area contributed by atoms with Crippen molar-refractivity contribution in [2.45, 2.75) is 33.4 Å². The molecule has 0 atom stereocenters. The first-order valence-corrected chi connectivity index (χ1v) is 11.3. The first kappa shape index (κ1) is 31.0. The Kier molecular flexibility index (Phi) is 15.9. The van der Waals surface area contributed by atoms with Crippen molar-refractivity contribution in [3.05, 3.63) is 77.1 Å². The zero-order valence-corrected chi connectivity index (χ0v) is 20.5. The number of hydrazine groups is 1.